The third-order valence-electron chi connectivity index (χ3n) is 5.31. The number of amides is 1. The number of aryl methyl sites for hydroxylation is 1. The minimum Gasteiger partial charge on any atom is -0.379 e. The normalized spacial score (nSPS) is 16.0. The first kappa shape index (κ1) is 23.5. The van der Waals surface area contributed by atoms with Gasteiger partial charge in [-0.3, -0.25) is 14.0 Å². The summed E-state index contributed by atoms with van der Waals surface area (Å²) in [4.78, 5) is 15.0. The van der Waals surface area contributed by atoms with Gasteiger partial charge in [-0.15, -0.1) is 0 Å². The summed E-state index contributed by atoms with van der Waals surface area (Å²) in [5, 5.41) is 3.54. The second-order valence-electron chi connectivity index (χ2n) is 7.55. The fourth-order valence-electron chi connectivity index (χ4n) is 3.69. The quantitative estimate of drug-likeness (QED) is 0.648. The molecule has 0 radical (unpaired) electrons. The Morgan fingerprint density at radius 2 is 1.81 bits per heavy atom. The lowest BCUT2D eigenvalue weighted by molar-refractivity contribution is -0.120. The van der Waals surface area contributed by atoms with E-state index in [1.54, 1.807) is 12.1 Å². The van der Waals surface area contributed by atoms with Crippen LogP contribution < -0.4 is 9.62 Å². The number of rotatable bonds is 8. The molecule has 0 saturated carbocycles. The lowest BCUT2D eigenvalue weighted by Crippen LogP contribution is -2.46. The van der Waals surface area contributed by atoms with Gasteiger partial charge in [0.15, 0.2) is 0 Å². The molecule has 1 amide bonds. The van der Waals surface area contributed by atoms with Crippen molar-refractivity contribution in [2.75, 3.05) is 50.0 Å². The van der Waals surface area contributed by atoms with Crippen LogP contribution in [0.5, 0.6) is 0 Å². The lowest BCUT2D eigenvalue weighted by atomic mass is 10.0. The molecule has 1 unspecified atom stereocenters. The van der Waals surface area contributed by atoms with E-state index in [0.29, 0.717) is 30.5 Å². The van der Waals surface area contributed by atoms with E-state index in [2.05, 4.69) is 10.2 Å². The molecule has 0 bridgehead atoms. The summed E-state index contributed by atoms with van der Waals surface area (Å²) >= 11 is 6.44. The molecule has 3 rings (SSSR count). The third-order valence-corrected chi connectivity index (χ3v) is 6.79. The van der Waals surface area contributed by atoms with Crippen molar-refractivity contribution in [3.63, 3.8) is 0 Å². The highest BCUT2D eigenvalue weighted by atomic mass is 35.5. The number of ether oxygens (including phenoxy) is 1. The molecular formula is C22H28ClN3O4S. The number of carbonyl (C=O) groups excluding carboxylic acids is 1. The van der Waals surface area contributed by atoms with Gasteiger partial charge in [0.2, 0.25) is 15.9 Å². The second kappa shape index (κ2) is 10.5. The summed E-state index contributed by atoms with van der Waals surface area (Å²) in [6.45, 7) is 4.52. The number of anilines is 1. The number of para-hydroxylation sites is 1. The second-order valence-corrected chi connectivity index (χ2v) is 9.86. The highest BCUT2D eigenvalue weighted by Gasteiger charge is 2.26. The summed E-state index contributed by atoms with van der Waals surface area (Å²) in [5.41, 5.74) is 2.20. The van der Waals surface area contributed by atoms with E-state index in [1.807, 2.05) is 43.3 Å². The van der Waals surface area contributed by atoms with Crippen molar-refractivity contribution in [3.8, 4) is 0 Å². The Hall–Kier alpha value is -2.13. The van der Waals surface area contributed by atoms with Crippen molar-refractivity contribution in [3.05, 3.63) is 64.7 Å². The predicted octanol–water partition coefficient (Wildman–Crippen LogP) is 2.60. The molecule has 0 spiro atoms. The van der Waals surface area contributed by atoms with Crippen LogP contribution in [-0.2, 0) is 19.6 Å². The summed E-state index contributed by atoms with van der Waals surface area (Å²) in [6.07, 6.45) is 1.10. The van der Waals surface area contributed by atoms with Crippen molar-refractivity contribution in [1.29, 1.82) is 0 Å². The maximum absolute atomic E-state index is 12.8. The number of nitrogens with zero attached hydrogens (tertiary/aromatic N) is 2. The summed E-state index contributed by atoms with van der Waals surface area (Å²) in [7, 11) is -3.63. The Morgan fingerprint density at radius 3 is 2.45 bits per heavy atom. The van der Waals surface area contributed by atoms with Gasteiger partial charge in [0.1, 0.15) is 6.54 Å². The fraction of sp³-hybridized carbons (Fsp3) is 0.409. The largest absolute Gasteiger partial charge is 0.379 e. The Labute approximate surface area is 189 Å². The van der Waals surface area contributed by atoms with E-state index >= 15 is 0 Å². The van der Waals surface area contributed by atoms with Crippen LogP contribution in [0.2, 0.25) is 5.02 Å². The van der Waals surface area contributed by atoms with Crippen LogP contribution in [0.15, 0.2) is 48.5 Å². The average Bonchev–Trinajstić information content (AvgIpc) is 2.74. The van der Waals surface area contributed by atoms with Crippen LogP contribution in [0, 0.1) is 6.92 Å². The topological polar surface area (TPSA) is 79.0 Å². The molecular weight excluding hydrogens is 438 g/mol. The minimum absolute atomic E-state index is 0.133. The zero-order valence-electron chi connectivity index (χ0n) is 17.8. The molecule has 9 heteroatoms. The first-order chi connectivity index (χ1) is 14.8. The van der Waals surface area contributed by atoms with E-state index in [9.17, 15) is 13.2 Å². The first-order valence-electron chi connectivity index (χ1n) is 10.1. The number of halogens is 1. The summed E-state index contributed by atoms with van der Waals surface area (Å²) < 4.78 is 31.3. The number of benzene rings is 2. The smallest absolute Gasteiger partial charge is 0.240 e. The van der Waals surface area contributed by atoms with Crippen molar-refractivity contribution in [2.24, 2.45) is 0 Å². The number of nitrogens with one attached hydrogen (secondary N) is 1. The zero-order chi connectivity index (χ0) is 22.4. The Kier molecular flexibility index (Phi) is 7.94. The number of sulfonamides is 1. The molecule has 1 aliphatic heterocycles. The zero-order valence-corrected chi connectivity index (χ0v) is 19.3. The summed E-state index contributed by atoms with van der Waals surface area (Å²) in [6, 6.07) is 14.5. The van der Waals surface area contributed by atoms with E-state index in [-0.39, 0.29) is 18.5 Å². The molecule has 2 aromatic rings. The van der Waals surface area contributed by atoms with Crippen molar-refractivity contribution < 1.29 is 17.9 Å². The van der Waals surface area contributed by atoms with Gasteiger partial charge in [-0.25, -0.2) is 8.42 Å². The molecule has 2 aromatic carbocycles. The molecule has 0 aromatic heterocycles. The molecule has 7 nitrogen and oxygen atoms in total. The van der Waals surface area contributed by atoms with E-state index in [0.717, 1.165) is 34.8 Å². The average molecular weight is 466 g/mol. The van der Waals surface area contributed by atoms with Crippen LogP contribution >= 0.6 is 11.6 Å². The Bertz CT molecular complexity index is 1010. The highest BCUT2D eigenvalue weighted by molar-refractivity contribution is 7.92. The number of hydrogen-bond donors (Lipinski definition) is 1. The molecule has 1 saturated heterocycles. The van der Waals surface area contributed by atoms with Crippen LogP contribution in [0.1, 0.15) is 17.2 Å². The molecule has 31 heavy (non-hydrogen) atoms. The molecule has 1 aliphatic rings. The molecule has 1 fully saturated rings. The van der Waals surface area contributed by atoms with Crippen LogP contribution in [0.4, 0.5) is 5.69 Å². The predicted molar refractivity (Wildman–Crippen MR) is 123 cm³/mol. The number of carbonyl (C=O) groups is 1. The standard InChI is InChI=1S/C22H28ClN3O4S/c1-17-7-3-6-10-20(17)26(31(2,28)29)16-22(27)24-15-21(25-11-13-30-14-12-25)18-8-4-5-9-19(18)23/h3-10,21H,11-16H2,1-2H3,(H,24,27). The molecule has 1 atom stereocenters. The van der Waals surface area contributed by atoms with Crippen LogP contribution in [0.25, 0.3) is 0 Å². The van der Waals surface area contributed by atoms with Crippen molar-refractivity contribution in [1.82, 2.24) is 10.2 Å². The van der Waals surface area contributed by atoms with Gasteiger partial charge in [-0.2, -0.15) is 0 Å². The van der Waals surface area contributed by atoms with Gasteiger partial charge in [0, 0.05) is 24.7 Å². The van der Waals surface area contributed by atoms with Gasteiger partial charge < -0.3 is 10.1 Å². The molecule has 1 N–H and O–H groups in total. The maximum atomic E-state index is 12.8. The molecule has 0 aliphatic carbocycles. The highest BCUT2D eigenvalue weighted by Crippen LogP contribution is 2.28. The van der Waals surface area contributed by atoms with Gasteiger partial charge in [-0.1, -0.05) is 48.0 Å². The Balaban J connectivity index is 1.75. The SMILES string of the molecule is Cc1ccccc1N(CC(=O)NCC(c1ccccc1Cl)N1CCOCC1)S(C)(=O)=O. The van der Waals surface area contributed by atoms with Crippen molar-refractivity contribution >= 4 is 33.2 Å². The number of morpholine rings is 1. The Morgan fingerprint density at radius 1 is 1.16 bits per heavy atom. The molecule has 1 heterocycles. The summed E-state index contributed by atoms with van der Waals surface area (Å²) in [5.74, 6) is -0.376. The minimum atomic E-state index is -3.63. The lowest BCUT2D eigenvalue weighted by Gasteiger charge is -2.35. The van der Waals surface area contributed by atoms with E-state index in [4.69, 9.17) is 16.3 Å². The monoisotopic (exact) mass is 465 g/mol. The van der Waals surface area contributed by atoms with Gasteiger partial charge >= 0.3 is 0 Å². The fourth-order valence-corrected chi connectivity index (χ4v) is 4.87. The van der Waals surface area contributed by atoms with E-state index in [1.165, 1.54) is 0 Å². The number of hydrogen-bond acceptors (Lipinski definition) is 5. The van der Waals surface area contributed by atoms with Crippen molar-refractivity contribution in [2.45, 2.75) is 13.0 Å². The third kappa shape index (κ3) is 6.20. The maximum Gasteiger partial charge on any atom is 0.240 e. The first-order valence-corrected chi connectivity index (χ1v) is 12.4. The van der Waals surface area contributed by atoms with Gasteiger partial charge in [0.05, 0.1) is 31.2 Å². The molecule has 168 valence electrons. The van der Waals surface area contributed by atoms with Gasteiger partial charge in [-0.05, 0) is 30.2 Å². The van der Waals surface area contributed by atoms with Crippen LogP contribution in [-0.4, -0.2) is 64.9 Å². The van der Waals surface area contributed by atoms with Gasteiger partial charge in [0.25, 0.3) is 0 Å². The van der Waals surface area contributed by atoms with Crippen LogP contribution in [0.3, 0.4) is 0 Å². The van der Waals surface area contributed by atoms with E-state index < -0.39 is 10.0 Å².